The van der Waals surface area contributed by atoms with Crippen LogP contribution >= 0.6 is 11.6 Å². The van der Waals surface area contributed by atoms with Crippen molar-refractivity contribution in [3.8, 4) is 0 Å². The van der Waals surface area contributed by atoms with E-state index in [1.807, 2.05) is 24.3 Å². The second-order valence-electron chi connectivity index (χ2n) is 4.81. The SMILES string of the molecule is Cn1ccc(C(=O)Nc2cccc(CCCCl)c2)cc1=O. The van der Waals surface area contributed by atoms with E-state index in [0.29, 0.717) is 17.1 Å². The van der Waals surface area contributed by atoms with Crippen molar-refractivity contribution >= 4 is 23.2 Å². The minimum Gasteiger partial charge on any atom is -0.322 e. The van der Waals surface area contributed by atoms with E-state index in [-0.39, 0.29) is 11.5 Å². The molecule has 5 heteroatoms. The highest BCUT2D eigenvalue weighted by Crippen LogP contribution is 2.13. The molecular weight excluding hydrogens is 288 g/mol. The first-order valence-electron chi connectivity index (χ1n) is 6.73. The smallest absolute Gasteiger partial charge is 0.255 e. The van der Waals surface area contributed by atoms with Crippen molar-refractivity contribution in [2.75, 3.05) is 11.2 Å². The lowest BCUT2D eigenvalue weighted by Gasteiger charge is -2.07. The van der Waals surface area contributed by atoms with Crippen LogP contribution in [-0.4, -0.2) is 16.4 Å². The Kier molecular flexibility index (Phi) is 5.17. The molecule has 0 bridgehead atoms. The summed E-state index contributed by atoms with van der Waals surface area (Å²) >= 11 is 5.68. The molecule has 4 nitrogen and oxygen atoms in total. The Morgan fingerprint density at radius 3 is 2.81 bits per heavy atom. The minimum absolute atomic E-state index is 0.210. The van der Waals surface area contributed by atoms with Crippen LogP contribution in [0.5, 0.6) is 0 Å². The van der Waals surface area contributed by atoms with Gasteiger partial charge in [-0.3, -0.25) is 9.59 Å². The van der Waals surface area contributed by atoms with E-state index in [1.165, 1.54) is 10.6 Å². The van der Waals surface area contributed by atoms with Gasteiger partial charge in [0.15, 0.2) is 0 Å². The number of aromatic nitrogens is 1. The minimum atomic E-state index is -0.290. The van der Waals surface area contributed by atoms with Crippen LogP contribution in [-0.2, 0) is 13.5 Å². The highest BCUT2D eigenvalue weighted by molar-refractivity contribution is 6.17. The molecule has 0 saturated carbocycles. The molecule has 0 aliphatic heterocycles. The number of hydrogen-bond donors (Lipinski definition) is 1. The third-order valence-electron chi connectivity index (χ3n) is 3.15. The third-order valence-corrected chi connectivity index (χ3v) is 3.42. The van der Waals surface area contributed by atoms with E-state index in [0.717, 1.165) is 18.4 Å². The van der Waals surface area contributed by atoms with Crippen LogP contribution in [0.1, 0.15) is 22.3 Å². The molecule has 0 aliphatic carbocycles. The Bertz CT molecular complexity index is 695. The van der Waals surface area contributed by atoms with Crippen molar-refractivity contribution in [2.45, 2.75) is 12.8 Å². The summed E-state index contributed by atoms with van der Waals surface area (Å²) in [5, 5.41) is 2.80. The fraction of sp³-hybridized carbons (Fsp3) is 0.250. The maximum Gasteiger partial charge on any atom is 0.255 e. The number of carbonyl (C=O) groups is 1. The number of amides is 1. The van der Waals surface area contributed by atoms with Gasteiger partial charge < -0.3 is 9.88 Å². The predicted octanol–water partition coefficient (Wildman–Crippen LogP) is 2.81. The van der Waals surface area contributed by atoms with Crippen molar-refractivity contribution in [2.24, 2.45) is 7.05 Å². The van der Waals surface area contributed by atoms with E-state index in [9.17, 15) is 9.59 Å². The summed E-state index contributed by atoms with van der Waals surface area (Å²) in [5.74, 6) is 0.325. The number of hydrogen-bond acceptors (Lipinski definition) is 2. The van der Waals surface area contributed by atoms with Crippen molar-refractivity contribution in [1.82, 2.24) is 4.57 Å². The van der Waals surface area contributed by atoms with Gasteiger partial charge in [-0.2, -0.15) is 0 Å². The molecule has 1 amide bonds. The van der Waals surface area contributed by atoms with Crippen LogP contribution in [0.2, 0.25) is 0 Å². The van der Waals surface area contributed by atoms with Gasteiger partial charge in [0.2, 0.25) is 0 Å². The van der Waals surface area contributed by atoms with Crippen molar-refractivity contribution in [3.05, 3.63) is 64.1 Å². The molecule has 21 heavy (non-hydrogen) atoms. The van der Waals surface area contributed by atoms with Gasteiger partial charge in [0.25, 0.3) is 11.5 Å². The average molecular weight is 305 g/mol. The van der Waals surface area contributed by atoms with E-state index in [4.69, 9.17) is 11.6 Å². The van der Waals surface area contributed by atoms with Gasteiger partial charge in [0, 0.05) is 36.4 Å². The first kappa shape index (κ1) is 15.3. The van der Waals surface area contributed by atoms with Gasteiger partial charge in [-0.1, -0.05) is 12.1 Å². The maximum absolute atomic E-state index is 12.1. The van der Waals surface area contributed by atoms with E-state index in [2.05, 4.69) is 5.32 Å². The van der Waals surface area contributed by atoms with Gasteiger partial charge in [-0.05, 0) is 36.6 Å². The maximum atomic E-state index is 12.1. The van der Waals surface area contributed by atoms with Gasteiger partial charge in [0.05, 0.1) is 0 Å². The fourth-order valence-electron chi connectivity index (χ4n) is 1.97. The molecule has 0 fully saturated rings. The Morgan fingerprint density at radius 1 is 1.29 bits per heavy atom. The largest absolute Gasteiger partial charge is 0.322 e. The third kappa shape index (κ3) is 4.20. The van der Waals surface area contributed by atoms with Gasteiger partial charge in [0.1, 0.15) is 0 Å². The summed E-state index contributed by atoms with van der Waals surface area (Å²) in [7, 11) is 1.64. The fourth-order valence-corrected chi connectivity index (χ4v) is 2.10. The molecule has 0 atom stereocenters. The molecule has 2 rings (SSSR count). The van der Waals surface area contributed by atoms with Crippen molar-refractivity contribution in [3.63, 3.8) is 0 Å². The zero-order valence-electron chi connectivity index (χ0n) is 11.8. The average Bonchev–Trinajstić information content (AvgIpc) is 2.48. The number of carbonyl (C=O) groups excluding carboxylic acids is 1. The molecule has 110 valence electrons. The molecule has 0 spiro atoms. The summed E-state index contributed by atoms with van der Waals surface area (Å²) < 4.78 is 1.42. The number of pyridine rings is 1. The molecule has 0 saturated heterocycles. The zero-order valence-corrected chi connectivity index (χ0v) is 12.6. The summed E-state index contributed by atoms with van der Waals surface area (Å²) in [5.41, 5.74) is 1.98. The Balaban J connectivity index is 2.11. The highest BCUT2D eigenvalue weighted by atomic mass is 35.5. The Morgan fingerprint density at radius 2 is 2.10 bits per heavy atom. The monoisotopic (exact) mass is 304 g/mol. The number of nitrogens with zero attached hydrogens (tertiary/aromatic N) is 1. The summed E-state index contributed by atoms with van der Waals surface area (Å²) in [4.78, 5) is 23.7. The van der Waals surface area contributed by atoms with Crippen LogP contribution in [0.3, 0.4) is 0 Å². The van der Waals surface area contributed by atoms with Crippen LogP contribution in [0, 0.1) is 0 Å². The van der Waals surface area contributed by atoms with Crippen molar-refractivity contribution < 1.29 is 4.79 Å². The van der Waals surface area contributed by atoms with E-state index >= 15 is 0 Å². The number of rotatable bonds is 5. The molecular formula is C16H17ClN2O2. The highest BCUT2D eigenvalue weighted by Gasteiger charge is 2.07. The summed E-state index contributed by atoms with van der Waals surface area (Å²) in [6.45, 7) is 0. The van der Waals surface area contributed by atoms with Gasteiger partial charge in [-0.25, -0.2) is 0 Å². The number of alkyl halides is 1. The van der Waals surface area contributed by atoms with E-state index in [1.54, 1.807) is 19.3 Å². The quantitative estimate of drug-likeness (QED) is 0.864. The number of aryl methyl sites for hydroxylation is 2. The standard InChI is InChI=1S/C16H17ClN2O2/c1-19-9-7-13(11-15(19)20)16(21)18-14-6-2-4-12(10-14)5-3-8-17/h2,4,6-7,9-11H,3,5,8H2,1H3,(H,18,21). The lowest BCUT2D eigenvalue weighted by atomic mass is 10.1. The predicted molar refractivity (Wildman–Crippen MR) is 85.1 cm³/mol. The Hall–Kier alpha value is -2.07. The Labute approximate surface area is 128 Å². The number of nitrogens with one attached hydrogen (secondary N) is 1. The van der Waals surface area contributed by atoms with Gasteiger partial charge in [-0.15, -0.1) is 11.6 Å². The summed E-state index contributed by atoms with van der Waals surface area (Å²) in [6.07, 6.45) is 3.35. The molecule has 1 aromatic heterocycles. The van der Waals surface area contributed by atoms with Crippen LogP contribution in [0.25, 0.3) is 0 Å². The van der Waals surface area contributed by atoms with Crippen molar-refractivity contribution in [1.29, 1.82) is 0 Å². The van der Waals surface area contributed by atoms with Crippen LogP contribution in [0.15, 0.2) is 47.4 Å². The number of anilines is 1. The summed E-state index contributed by atoms with van der Waals surface area (Å²) in [6, 6.07) is 10.6. The lowest BCUT2D eigenvalue weighted by molar-refractivity contribution is 0.102. The second-order valence-corrected chi connectivity index (χ2v) is 5.19. The lowest BCUT2D eigenvalue weighted by Crippen LogP contribution is -2.20. The van der Waals surface area contributed by atoms with E-state index < -0.39 is 0 Å². The van der Waals surface area contributed by atoms with Gasteiger partial charge >= 0.3 is 0 Å². The van der Waals surface area contributed by atoms with Crippen LogP contribution in [0.4, 0.5) is 5.69 Å². The molecule has 1 N–H and O–H groups in total. The second kappa shape index (κ2) is 7.09. The first-order valence-corrected chi connectivity index (χ1v) is 7.26. The zero-order chi connectivity index (χ0) is 15.2. The molecule has 2 aromatic rings. The number of benzene rings is 1. The number of halogens is 1. The normalized spacial score (nSPS) is 10.4. The molecule has 0 aliphatic rings. The topological polar surface area (TPSA) is 51.1 Å². The molecule has 0 unspecified atom stereocenters. The molecule has 1 aromatic carbocycles. The molecule has 1 heterocycles. The van der Waals surface area contributed by atoms with Crippen LogP contribution < -0.4 is 10.9 Å². The first-order chi connectivity index (χ1) is 10.1. The molecule has 0 radical (unpaired) electrons.